The molecule has 1 aliphatic heterocycles. The fourth-order valence-electron chi connectivity index (χ4n) is 3.13. The number of aromatic nitrogens is 3. The van der Waals surface area contributed by atoms with E-state index < -0.39 is 11.9 Å². The molecule has 3 heterocycles. The lowest BCUT2D eigenvalue weighted by Gasteiger charge is -2.31. The Kier molecular flexibility index (Phi) is 4.96. The zero-order valence-electron chi connectivity index (χ0n) is 15.9. The van der Waals surface area contributed by atoms with E-state index in [1.165, 1.54) is 14.2 Å². The molecular weight excluding hydrogens is 376 g/mol. The standard InChI is InChI=1S/C20H18N4O5/c1-27-18(25)15-11-29-12-24(17(15)19(26)28-2)14-6-4-13(5-7-14)16-10-23-9-3-8-21-20(23)22-16/h3-10H,11-12H2,1-2H3. The van der Waals surface area contributed by atoms with Crippen LogP contribution in [0.25, 0.3) is 17.0 Å². The first-order valence-corrected chi connectivity index (χ1v) is 8.77. The van der Waals surface area contributed by atoms with E-state index in [0.717, 1.165) is 11.3 Å². The van der Waals surface area contributed by atoms with Crippen molar-refractivity contribution in [1.82, 2.24) is 14.4 Å². The zero-order valence-corrected chi connectivity index (χ0v) is 15.9. The van der Waals surface area contributed by atoms with Crippen LogP contribution in [0.1, 0.15) is 0 Å². The number of benzene rings is 1. The summed E-state index contributed by atoms with van der Waals surface area (Å²) in [5, 5.41) is 0. The summed E-state index contributed by atoms with van der Waals surface area (Å²) < 4.78 is 17.0. The molecule has 0 saturated heterocycles. The number of anilines is 1. The molecule has 0 N–H and O–H groups in total. The molecule has 0 radical (unpaired) electrons. The van der Waals surface area contributed by atoms with Crippen LogP contribution in [0.2, 0.25) is 0 Å². The number of esters is 2. The fraction of sp³-hybridized carbons (Fsp3) is 0.200. The molecule has 1 aromatic carbocycles. The zero-order chi connectivity index (χ0) is 20.4. The maximum Gasteiger partial charge on any atom is 0.355 e. The second-order valence-corrected chi connectivity index (χ2v) is 6.22. The number of imidazole rings is 1. The maximum atomic E-state index is 12.4. The highest BCUT2D eigenvalue weighted by Crippen LogP contribution is 2.29. The van der Waals surface area contributed by atoms with Crippen molar-refractivity contribution in [2.45, 2.75) is 0 Å². The third-order valence-electron chi connectivity index (χ3n) is 4.54. The molecule has 0 aliphatic carbocycles. The van der Waals surface area contributed by atoms with Gasteiger partial charge in [0.15, 0.2) is 0 Å². The van der Waals surface area contributed by atoms with Gasteiger partial charge in [0.05, 0.1) is 32.1 Å². The van der Waals surface area contributed by atoms with Crippen LogP contribution in [0, 0.1) is 0 Å². The summed E-state index contributed by atoms with van der Waals surface area (Å²) in [5.41, 5.74) is 2.53. The van der Waals surface area contributed by atoms with Crippen molar-refractivity contribution in [3.8, 4) is 11.3 Å². The Morgan fingerprint density at radius 1 is 1.10 bits per heavy atom. The van der Waals surface area contributed by atoms with Crippen molar-refractivity contribution in [1.29, 1.82) is 0 Å². The number of ether oxygens (including phenoxy) is 3. The number of rotatable bonds is 4. The van der Waals surface area contributed by atoms with Crippen LogP contribution in [0.15, 0.2) is 60.2 Å². The molecule has 9 heteroatoms. The fourth-order valence-corrected chi connectivity index (χ4v) is 3.13. The van der Waals surface area contributed by atoms with E-state index in [9.17, 15) is 9.59 Å². The summed E-state index contributed by atoms with van der Waals surface area (Å²) in [6, 6.07) is 9.22. The van der Waals surface area contributed by atoms with Crippen molar-refractivity contribution >= 4 is 23.4 Å². The molecule has 0 fully saturated rings. The predicted molar refractivity (Wildman–Crippen MR) is 103 cm³/mol. The van der Waals surface area contributed by atoms with Crippen LogP contribution >= 0.6 is 0 Å². The van der Waals surface area contributed by atoms with Gasteiger partial charge in [-0.15, -0.1) is 0 Å². The third kappa shape index (κ3) is 3.43. The summed E-state index contributed by atoms with van der Waals surface area (Å²) in [4.78, 5) is 34.7. The number of hydrogen-bond donors (Lipinski definition) is 0. The minimum Gasteiger partial charge on any atom is -0.466 e. The van der Waals surface area contributed by atoms with E-state index >= 15 is 0 Å². The van der Waals surface area contributed by atoms with E-state index in [-0.39, 0.29) is 24.6 Å². The lowest BCUT2D eigenvalue weighted by Crippen LogP contribution is -2.38. The highest BCUT2D eigenvalue weighted by molar-refractivity contribution is 6.03. The highest BCUT2D eigenvalue weighted by Gasteiger charge is 2.32. The van der Waals surface area contributed by atoms with Crippen LogP contribution in [0.4, 0.5) is 5.69 Å². The quantitative estimate of drug-likeness (QED) is 0.618. The van der Waals surface area contributed by atoms with Gasteiger partial charge in [-0.25, -0.2) is 19.6 Å². The molecule has 0 amide bonds. The van der Waals surface area contributed by atoms with Gasteiger partial charge in [-0.05, 0) is 18.2 Å². The van der Waals surface area contributed by atoms with Crippen molar-refractivity contribution in [2.75, 3.05) is 32.5 Å². The molecule has 0 bridgehead atoms. The van der Waals surface area contributed by atoms with Gasteiger partial charge < -0.3 is 19.1 Å². The molecule has 0 saturated carbocycles. The van der Waals surface area contributed by atoms with Crippen LogP contribution in [-0.2, 0) is 23.8 Å². The van der Waals surface area contributed by atoms with Gasteiger partial charge in [-0.3, -0.25) is 4.40 Å². The monoisotopic (exact) mass is 394 g/mol. The molecule has 9 nitrogen and oxygen atoms in total. The van der Waals surface area contributed by atoms with Crippen LogP contribution in [0.3, 0.4) is 0 Å². The first-order chi connectivity index (χ1) is 14.1. The molecular formula is C20H18N4O5. The summed E-state index contributed by atoms with van der Waals surface area (Å²) in [5.74, 6) is -0.664. The molecule has 2 aromatic heterocycles. The van der Waals surface area contributed by atoms with Gasteiger partial charge in [0.25, 0.3) is 0 Å². The van der Waals surface area contributed by atoms with E-state index in [4.69, 9.17) is 14.2 Å². The second-order valence-electron chi connectivity index (χ2n) is 6.22. The van der Waals surface area contributed by atoms with Crippen molar-refractivity contribution in [3.05, 3.63) is 60.2 Å². The summed E-state index contributed by atoms with van der Waals surface area (Å²) in [7, 11) is 2.51. The number of nitrogens with zero attached hydrogens (tertiary/aromatic N) is 4. The van der Waals surface area contributed by atoms with Crippen LogP contribution < -0.4 is 4.90 Å². The Balaban J connectivity index is 1.70. The lowest BCUT2D eigenvalue weighted by molar-refractivity contribution is -0.140. The predicted octanol–water partition coefficient (Wildman–Crippen LogP) is 1.79. The Morgan fingerprint density at radius 3 is 2.55 bits per heavy atom. The van der Waals surface area contributed by atoms with E-state index in [0.29, 0.717) is 11.5 Å². The molecule has 1 aliphatic rings. The topological polar surface area (TPSA) is 95.3 Å². The number of fused-ring (bicyclic) bond motifs is 1. The number of carbonyl (C=O) groups is 2. The van der Waals surface area contributed by atoms with Gasteiger partial charge >= 0.3 is 11.9 Å². The maximum absolute atomic E-state index is 12.4. The minimum absolute atomic E-state index is 0.0278. The van der Waals surface area contributed by atoms with Crippen molar-refractivity contribution in [2.24, 2.45) is 0 Å². The Labute approximate surface area is 166 Å². The molecule has 29 heavy (non-hydrogen) atoms. The Hall–Kier alpha value is -3.72. The van der Waals surface area contributed by atoms with E-state index in [2.05, 4.69) is 9.97 Å². The van der Waals surface area contributed by atoms with Crippen LogP contribution in [-0.4, -0.2) is 53.9 Å². The summed E-state index contributed by atoms with van der Waals surface area (Å²) in [6.45, 7) is 0.0719. The SMILES string of the molecule is COC(=O)C1=C(C(=O)OC)N(c2ccc(-c3cn4cccnc4n3)cc2)COC1. The first-order valence-electron chi connectivity index (χ1n) is 8.77. The first kappa shape index (κ1) is 18.6. The van der Waals surface area contributed by atoms with Gasteiger partial charge in [-0.2, -0.15) is 0 Å². The molecule has 0 spiro atoms. The average molecular weight is 394 g/mol. The van der Waals surface area contributed by atoms with Gasteiger partial charge in [0, 0.05) is 29.8 Å². The number of methoxy groups -OCH3 is 2. The van der Waals surface area contributed by atoms with Crippen molar-refractivity contribution < 1.29 is 23.8 Å². The van der Waals surface area contributed by atoms with Gasteiger partial charge in [-0.1, -0.05) is 12.1 Å². The molecule has 3 aromatic rings. The molecule has 0 atom stereocenters. The smallest absolute Gasteiger partial charge is 0.355 e. The van der Waals surface area contributed by atoms with E-state index in [1.54, 1.807) is 11.1 Å². The summed E-state index contributed by atoms with van der Waals surface area (Å²) in [6.07, 6.45) is 5.45. The lowest BCUT2D eigenvalue weighted by atomic mass is 10.1. The number of hydrogen-bond acceptors (Lipinski definition) is 8. The van der Waals surface area contributed by atoms with Gasteiger partial charge in [0.2, 0.25) is 5.78 Å². The van der Waals surface area contributed by atoms with E-state index in [1.807, 2.05) is 47.1 Å². The molecule has 148 valence electrons. The highest BCUT2D eigenvalue weighted by atomic mass is 16.5. The normalized spacial score (nSPS) is 14.2. The van der Waals surface area contributed by atoms with Crippen molar-refractivity contribution in [3.63, 3.8) is 0 Å². The van der Waals surface area contributed by atoms with Crippen LogP contribution in [0.5, 0.6) is 0 Å². The second kappa shape index (κ2) is 7.72. The number of carbonyl (C=O) groups excluding carboxylic acids is 2. The minimum atomic E-state index is -0.635. The molecule has 0 unspecified atom stereocenters. The Morgan fingerprint density at radius 2 is 1.86 bits per heavy atom. The third-order valence-corrected chi connectivity index (χ3v) is 4.54. The average Bonchev–Trinajstić information content (AvgIpc) is 3.22. The molecule has 4 rings (SSSR count). The van der Waals surface area contributed by atoms with Gasteiger partial charge in [0.1, 0.15) is 12.4 Å². The summed E-state index contributed by atoms with van der Waals surface area (Å²) >= 11 is 0. The largest absolute Gasteiger partial charge is 0.466 e. The Bertz CT molecular complexity index is 1070.